The number of anilines is 1. The Morgan fingerprint density at radius 2 is 1.92 bits per heavy atom. The van der Waals surface area contributed by atoms with Gasteiger partial charge in [-0.25, -0.2) is 9.97 Å². The summed E-state index contributed by atoms with van der Waals surface area (Å²) in [7, 11) is 0. The first-order chi connectivity index (χ1) is 11.6. The van der Waals surface area contributed by atoms with Gasteiger partial charge in [0.2, 0.25) is 5.95 Å². The number of hydrogen-bond donors (Lipinski definition) is 2. The number of nitrogens with one attached hydrogen (secondary N) is 1. The van der Waals surface area contributed by atoms with Crippen LogP contribution in [0.2, 0.25) is 0 Å². The highest BCUT2D eigenvalue weighted by Gasteiger charge is 2.17. The fourth-order valence-corrected chi connectivity index (χ4v) is 2.62. The molecular weight excluding hydrogens is 302 g/mol. The van der Waals surface area contributed by atoms with Crippen LogP contribution in [0, 0.1) is 0 Å². The molecule has 3 rings (SSSR count). The predicted molar refractivity (Wildman–Crippen MR) is 95.9 cm³/mol. The molecule has 2 aromatic heterocycles. The van der Waals surface area contributed by atoms with Gasteiger partial charge in [0.1, 0.15) is 11.2 Å². The third-order valence-corrected chi connectivity index (χ3v) is 4.07. The molecule has 0 saturated carbocycles. The molecule has 0 unspecified atom stereocenters. The van der Waals surface area contributed by atoms with Crippen LogP contribution in [0.25, 0.3) is 22.4 Å². The quantitative estimate of drug-likeness (QED) is 0.727. The molecular formula is C18H23N5O. The molecule has 0 radical (unpaired) electrons. The number of benzene rings is 1. The van der Waals surface area contributed by atoms with Crippen LogP contribution in [0.3, 0.4) is 0 Å². The monoisotopic (exact) mass is 325 g/mol. The Hall–Kier alpha value is -2.47. The maximum atomic E-state index is 9.45. The smallest absolute Gasteiger partial charge is 0.225 e. The van der Waals surface area contributed by atoms with Gasteiger partial charge in [-0.1, -0.05) is 37.3 Å². The number of aliphatic hydroxyl groups excluding tert-OH is 1. The van der Waals surface area contributed by atoms with Crippen molar-refractivity contribution in [1.29, 1.82) is 0 Å². The molecule has 6 nitrogen and oxygen atoms in total. The number of imidazole rings is 1. The molecule has 126 valence electrons. The third-order valence-electron chi connectivity index (χ3n) is 4.07. The van der Waals surface area contributed by atoms with Crippen LogP contribution in [0.5, 0.6) is 0 Å². The molecule has 3 aromatic rings. The SMILES string of the molecule is CC[C@H](CO)Nc1nc(-c2ccccc2)c2ncn(C(C)C)c2n1. The molecule has 0 aliphatic carbocycles. The van der Waals surface area contributed by atoms with Gasteiger partial charge >= 0.3 is 0 Å². The highest BCUT2D eigenvalue weighted by Crippen LogP contribution is 2.27. The van der Waals surface area contributed by atoms with Crippen molar-refractivity contribution in [2.24, 2.45) is 0 Å². The Kier molecular flexibility index (Phi) is 4.76. The number of aliphatic hydroxyl groups is 1. The van der Waals surface area contributed by atoms with Crippen molar-refractivity contribution in [2.45, 2.75) is 39.3 Å². The van der Waals surface area contributed by atoms with Crippen LogP contribution in [0.15, 0.2) is 36.7 Å². The van der Waals surface area contributed by atoms with E-state index in [1.54, 1.807) is 0 Å². The lowest BCUT2D eigenvalue weighted by atomic mass is 10.1. The molecule has 0 amide bonds. The van der Waals surface area contributed by atoms with Gasteiger partial charge in [-0.2, -0.15) is 4.98 Å². The Labute approximate surface area is 141 Å². The minimum absolute atomic E-state index is 0.0437. The van der Waals surface area contributed by atoms with Crippen molar-refractivity contribution in [3.8, 4) is 11.3 Å². The first kappa shape index (κ1) is 16.4. The zero-order valence-electron chi connectivity index (χ0n) is 14.3. The van der Waals surface area contributed by atoms with Gasteiger partial charge in [0.25, 0.3) is 0 Å². The molecule has 0 bridgehead atoms. The minimum Gasteiger partial charge on any atom is -0.394 e. The van der Waals surface area contributed by atoms with Gasteiger partial charge < -0.3 is 15.0 Å². The summed E-state index contributed by atoms with van der Waals surface area (Å²) in [6, 6.07) is 10.2. The number of fused-ring (bicyclic) bond motifs is 1. The Morgan fingerprint density at radius 1 is 1.17 bits per heavy atom. The average molecular weight is 325 g/mol. The Bertz CT molecular complexity index is 809. The molecule has 0 aliphatic heterocycles. The lowest BCUT2D eigenvalue weighted by Gasteiger charge is -2.15. The molecule has 2 heterocycles. The van der Waals surface area contributed by atoms with E-state index in [0.29, 0.717) is 5.95 Å². The summed E-state index contributed by atoms with van der Waals surface area (Å²) >= 11 is 0. The van der Waals surface area contributed by atoms with Gasteiger partial charge in [-0.05, 0) is 20.3 Å². The topological polar surface area (TPSA) is 75.9 Å². The van der Waals surface area contributed by atoms with E-state index in [9.17, 15) is 5.11 Å². The van der Waals surface area contributed by atoms with Gasteiger partial charge in [0, 0.05) is 11.6 Å². The molecule has 2 N–H and O–H groups in total. The van der Waals surface area contributed by atoms with Crippen molar-refractivity contribution in [1.82, 2.24) is 19.5 Å². The first-order valence-corrected chi connectivity index (χ1v) is 8.31. The first-order valence-electron chi connectivity index (χ1n) is 8.31. The third kappa shape index (κ3) is 3.10. The molecule has 24 heavy (non-hydrogen) atoms. The van der Waals surface area contributed by atoms with E-state index in [0.717, 1.165) is 28.8 Å². The van der Waals surface area contributed by atoms with Crippen molar-refractivity contribution in [3.63, 3.8) is 0 Å². The summed E-state index contributed by atoms with van der Waals surface area (Å²) in [6.45, 7) is 6.26. The predicted octanol–water partition coefficient (Wildman–Crippen LogP) is 3.26. The molecule has 1 aromatic carbocycles. The summed E-state index contributed by atoms with van der Waals surface area (Å²) in [6.07, 6.45) is 2.60. The van der Waals surface area contributed by atoms with Crippen LogP contribution in [-0.4, -0.2) is 37.3 Å². The van der Waals surface area contributed by atoms with Gasteiger partial charge in [-0.3, -0.25) is 0 Å². The summed E-state index contributed by atoms with van der Waals surface area (Å²) < 4.78 is 2.04. The molecule has 0 fully saturated rings. The van der Waals surface area contributed by atoms with Gasteiger partial charge in [0.15, 0.2) is 5.65 Å². The maximum absolute atomic E-state index is 9.45. The van der Waals surface area contributed by atoms with Crippen molar-refractivity contribution in [3.05, 3.63) is 36.7 Å². The largest absolute Gasteiger partial charge is 0.394 e. The van der Waals surface area contributed by atoms with E-state index >= 15 is 0 Å². The fraction of sp³-hybridized carbons (Fsp3) is 0.389. The van der Waals surface area contributed by atoms with E-state index < -0.39 is 0 Å². The zero-order chi connectivity index (χ0) is 17.1. The van der Waals surface area contributed by atoms with Crippen molar-refractivity contribution < 1.29 is 5.11 Å². The molecule has 1 atom stereocenters. The van der Waals surface area contributed by atoms with E-state index in [1.165, 1.54) is 0 Å². The van der Waals surface area contributed by atoms with E-state index in [4.69, 9.17) is 0 Å². The number of hydrogen-bond acceptors (Lipinski definition) is 5. The van der Waals surface area contributed by atoms with Crippen LogP contribution in [0.4, 0.5) is 5.95 Å². The molecule has 0 saturated heterocycles. The summed E-state index contributed by atoms with van der Waals surface area (Å²) in [5.41, 5.74) is 3.39. The molecule has 0 spiro atoms. The minimum atomic E-state index is -0.0681. The highest BCUT2D eigenvalue weighted by atomic mass is 16.3. The summed E-state index contributed by atoms with van der Waals surface area (Å²) in [4.78, 5) is 13.9. The standard InChI is InChI=1S/C18H23N5O/c1-4-14(10-24)20-18-21-15(13-8-6-5-7-9-13)16-17(22-18)23(11-19-16)12(2)3/h5-9,11-12,14,24H,4,10H2,1-3H3,(H,20,21,22)/t14-/m1/s1. The van der Waals surface area contributed by atoms with Crippen molar-refractivity contribution in [2.75, 3.05) is 11.9 Å². The Balaban J connectivity index is 2.18. The zero-order valence-corrected chi connectivity index (χ0v) is 14.3. The van der Waals surface area contributed by atoms with Crippen LogP contribution in [-0.2, 0) is 0 Å². The Morgan fingerprint density at radius 3 is 2.54 bits per heavy atom. The van der Waals surface area contributed by atoms with Crippen LogP contribution >= 0.6 is 0 Å². The van der Waals surface area contributed by atoms with E-state index in [1.807, 2.05) is 48.1 Å². The number of rotatable bonds is 6. The average Bonchev–Trinajstić information content (AvgIpc) is 3.03. The summed E-state index contributed by atoms with van der Waals surface area (Å²) in [5, 5.41) is 12.7. The molecule has 6 heteroatoms. The van der Waals surface area contributed by atoms with Gasteiger partial charge in [0.05, 0.1) is 19.0 Å². The van der Waals surface area contributed by atoms with E-state index in [-0.39, 0.29) is 18.7 Å². The number of aromatic nitrogens is 4. The second-order valence-electron chi connectivity index (χ2n) is 6.11. The number of nitrogens with zero attached hydrogens (tertiary/aromatic N) is 4. The second-order valence-corrected chi connectivity index (χ2v) is 6.11. The normalized spacial score (nSPS) is 12.7. The van der Waals surface area contributed by atoms with Crippen molar-refractivity contribution >= 4 is 17.1 Å². The van der Waals surface area contributed by atoms with Gasteiger partial charge in [-0.15, -0.1) is 0 Å². The summed E-state index contributed by atoms with van der Waals surface area (Å²) in [5.74, 6) is 0.518. The van der Waals surface area contributed by atoms with Crippen LogP contribution in [0.1, 0.15) is 33.2 Å². The maximum Gasteiger partial charge on any atom is 0.225 e. The lowest BCUT2D eigenvalue weighted by molar-refractivity contribution is 0.271. The van der Waals surface area contributed by atoms with E-state index in [2.05, 4.69) is 34.1 Å². The highest BCUT2D eigenvalue weighted by molar-refractivity contribution is 5.88. The lowest BCUT2D eigenvalue weighted by Crippen LogP contribution is -2.24. The van der Waals surface area contributed by atoms with Crippen LogP contribution < -0.4 is 5.32 Å². The molecule has 0 aliphatic rings. The fourth-order valence-electron chi connectivity index (χ4n) is 2.62. The second kappa shape index (κ2) is 6.97.